The van der Waals surface area contributed by atoms with Gasteiger partial charge in [-0.15, -0.1) is 0 Å². The number of aryl methyl sites for hydroxylation is 1. The Morgan fingerprint density at radius 1 is 1.21 bits per heavy atom. The highest BCUT2D eigenvalue weighted by Gasteiger charge is 2.14. The Morgan fingerprint density at radius 3 is 2.63 bits per heavy atom. The number of nitrogen functional groups attached to an aromatic ring is 1. The number of carbonyl (C=O) groups excluding carboxylic acids is 1. The fourth-order valence-electron chi connectivity index (χ4n) is 1.91. The van der Waals surface area contributed by atoms with Crippen LogP contribution in [0, 0.1) is 18.6 Å². The molecule has 0 amide bonds. The molecule has 2 N–H and O–H groups in total. The van der Waals surface area contributed by atoms with Gasteiger partial charge < -0.3 is 5.73 Å². The second-order valence-corrected chi connectivity index (χ2v) is 4.37. The van der Waals surface area contributed by atoms with Crippen LogP contribution in [0.5, 0.6) is 0 Å². The Bertz CT molecular complexity index is 638. The minimum atomic E-state index is -0.610. The summed E-state index contributed by atoms with van der Waals surface area (Å²) in [5.74, 6) is -1.24. The average molecular weight is 261 g/mol. The van der Waals surface area contributed by atoms with Crippen LogP contribution in [0.4, 0.5) is 14.5 Å². The lowest BCUT2D eigenvalue weighted by molar-refractivity contribution is 0.0993. The molecule has 0 spiro atoms. The van der Waals surface area contributed by atoms with E-state index in [0.717, 1.165) is 0 Å². The molecule has 19 heavy (non-hydrogen) atoms. The average Bonchev–Trinajstić information content (AvgIpc) is 2.36. The van der Waals surface area contributed by atoms with Crippen molar-refractivity contribution in [3.8, 4) is 0 Å². The standard InChI is InChI=1S/C15H13F2NO/c1-9-7-11(16)6-5-10(9)8-14(19)12-3-2-4-13(17)15(12)18/h2-7H,8,18H2,1H3. The fraction of sp³-hybridized carbons (Fsp3) is 0.133. The van der Waals surface area contributed by atoms with Crippen molar-refractivity contribution in [1.82, 2.24) is 0 Å². The Kier molecular flexibility index (Phi) is 3.60. The molecule has 0 bridgehead atoms. The topological polar surface area (TPSA) is 43.1 Å². The van der Waals surface area contributed by atoms with Gasteiger partial charge in [-0.25, -0.2) is 8.78 Å². The maximum absolute atomic E-state index is 13.3. The Balaban J connectivity index is 2.28. The van der Waals surface area contributed by atoms with Gasteiger partial charge >= 0.3 is 0 Å². The van der Waals surface area contributed by atoms with E-state index in [0.29, 0.717) is 11.1 Å². The van der Waals surface area contributed by atoms with Crippen LogP contribution in [0.2, 0.25) is 0 Å². The van der Waals surface area contributed by atoms with Gasteiger partial charge in [0.25, 0.3) is 0 Å². The summed E-state index contributed by atoms with van der Waals surface area (Å²) in [6.45, 7) is 1.72. The SMILES string of the molecule is Cc1cc(F)ccc1CC(=O)c1cccc(F)c1N. The summed E-state index contributed by atoms with van der Waals surface area (Å²) in [5, 5.41) is 0. The molecule has 0 saturated heterocycles. The highest BCUT2D eigenvalue weighted by atomic mass is 19.1. The van der Waals surface area contributed by atoms with E-state index in [2.05, 4.69) is 0 Å². The summed E-state index contributed by atoms with van der Waals surface area (Å²) < 4.78 is 26.3. The number of benzene rings is 2. The van der Waals surface area contributed by atoms with E-state index in [-0.39, 0.29) is 29.3 Å². The number of para-hydroxylation sites is 1. The molecule has 0 atom stereocenters. The molecule has 0 aromatic heterocycles. The summed E-state index contributed by atoms with van der Waals surface area (Å²) in [6.07, 6.45) is 0.0692. The van der Waals surface area contributed by atoms with E-state index in [1.54, 1.807) is 13.0 Å². The zero-order valence-electron chi connectivity index (χ0n) is 10.4. The van der Waals surface area contributed by atoms with E-state index >= 15 is 0 Å². The van der Waals surface area contributed by atoms with Gasteiger partial charge in [0.2, 0.25) is 0 Å². The summed E-state index contributed by atoms with van der Waals surface area (Å²) in [5.41, 5.74) is 6.94. The molecule has 0 aliphatic rings. The lowest BCUT2D eigenvalue weighted by atomic mass is 9.98. The Morgan fingerprint density at radius 2 is 1.95 bits per heavy atom. The first-order chi connectivity index (χ1) is 8.99. The molecule has 2 rings (SSSR count). The molecule has 0 saturated carbocycles. The number of ketones is 1. The van der Waals surface area contributed by atoms with Crippen molar-refractivity contribution < 1.29 is 13.6 Å². The first kappa shape index (κ1) is 13.2. The van der Waals surface area contributed by atoms with Crippen molar-refractivity contribution in [2.24, 2.45) is 0 Å². The van der Waals surface area contributed by atoms with Crippen molar-refractivity contribution >= 4 is 11.5 Å². The number of rotatable bonds is 3. The normalized spacial score (nSPS) is 10.5. The molecule has 4 heteroatoms. The number of anilines is 1. The molecular formula is C15H13F2NO. The second kappa shape index (κ2) is 5.18. The Labute approximate surface area is 109 Å². The van der Waals surface area contributed by atoms with Crippen molar-refractivity contribution in [2.75, 3.05) is 5.73 Å². The lowest BCUT2D eigenvalue weighted by Gasteiger charge is -2.08. The van der Waals surface area contributed by atoms with E-state index in [4.69, 9.17) is 5.73 Å². The molecule has 0 aliphatic carbocycles. The number of halogens is 2. The molecule has 0 radical (unpaired) electrons. The quantitative estimate of drug-likeness (QED) is 0.680. The molecule has 0 fully saturated rings. The van der Waals surface area contributed by atoms with E-state index in [1.807, 2.05) is 0 Å². The molecule has 2 nitrogen and oxygen atoms in total. The van der Waals surface area contributed by atoms with Crippen LogP contribution >= 0.6 is 0 Å². The van der Waals surface area contributed by atoms with Gasteiger partial charge in [-0.05, 0) is 42.3 Å². The number of nitrogens with two attached hydrogens (primary N) is 1. The third kappa shape index (κ3) is 2.78. The smallest absolute Gasteiger partial charge is 0.169 e. The zero-order chi connectivity index (χ0) is 14.0. The van der Waals surface area contributed by atoms with Crippen molar-refractivity contribution in [3.63, 3.8) is 0 Å². The van der Waals surface area contributed by atoms with Gasteiger partial charge in [0.15, 0.2) is 5.78 Å². The number of Topliss-reactive ketones (excluding diaryl/α,β-unsaturated/α-hetero) is 1. The first-order valence-electron chi connectivity index (χ1n) is 5.81. The summed E-state index contributed by atoms with van der Waals surface area (Å²) in [4.78, 5) is 12.1. The maximum atomic E-state index is 13.3. The van der Waals surface area contributed by atoms with Crippen LogP contribution in [0.15, 0.2) is 36.4 Å². The van der Waals surface area contributed by atoms with Gasteiger partial charge in [0.05, 0.1) is 5.69 Å². The van der Waals surface area contributed by atoms with Gasteiger partial charge in [0.1, 0.15) is 11.6 Å². The number of carbonyl (C=O) groups is 1. The number of hydrogen-bond donors (Lipinski definition) is 1. The van der Waals surface area contributed by atoms with Crippen LogP contribution in [0.25, 0.3) is 0 Å². The number of hydrogen-bond acceptors (Lipinski definition) is 2. The van der Waals surface area contributed by atoms with Crippen LogP contribution in [0.3, 0.4) is 0 Å². The van der Waals surface area contributed by atoms with Crippen molar-refractivity contribution in [3.05, 3.63) is 64.7 Å². The third-order valence-electron chi connectivity index (χ3n) is 3.01. The van der Waals surface area contributed by atoms with Crippen LogP contribution in [0.1, 0.15) is 21.5 Å². The van der Waals surface area contributed by atoms with Gasteiger partial charge in [-0.3, -0.25) is 4.79 Å². The highest BCUT2D eigenvalue weighted by molar-refractivity contribution is 6.02. The predicted octanol–water partition coefficient (Wildman–Crippen LogP) is 3.28. The maximum Gasteiger partial charge on any atom is 0.169 e. The fourth-order valence-corrected chi connectivity index (χ4v) is 1.91. The first-order valence-corrected chi connectivity index (χ1v) is 5.81. The largest absolute Gasteiger partial charge is 0.396 e. The molecule has 2 aromatic carbocycles. The molecular weight excluding hydrogens is 248 g/mol. The van der Waals surface area contributed by atoms with E-state index in [1.165, 1.54) is 30.3 Å². The van der Waals surface area contributed by atoms with Crippen molar-refractivity contribution in [1.29, 1.82) is 0 Å². The monoisotopic (exact) mass is 261 g/mol. The lowest BCUT2D eigenvalue weighted by Crippen LogP contribution is -2.09. The highest BCUT2D eigenvalue weighted by Crippen LogP contribution is 2.19. The predicted molar refractivity (Wildman–Crippen MR) is 70.0 cm³/mol. The second-order valence-electron chi connectivity index (χ2n) is 4.37. The molecule has 2 aromatic rings. The van der Waals surface area contributed by atoms with Crippen molar-refractivity contribution in [2.45, 2.75) is 13.3 Å². The van der Waals surface area contributed by atoms with Crippen LogP contribution in [-0.2, 0) is 6.42 Å². The third-order valence-corrected chi connectivity index (χ3v) is 3.01. The van der Waals surface area contributed by atoms with Gasteiger partial charge in [-0.1, -0.05) is 12.1 Å². The van der Waals surface area contributed by atoms with Crippen LogP contribution in [-0.4, -0.2) is 5.78 Å². The molecule has 0 unspecified atom stereocenters. The summed E-state index contributed by atoms with van der Waals surface area (Å²) in [6, 6.07) is 8.34. The van der Waals surface area contributed by atoms with Gasteiger partial charge in [-0.2, -0.15) is 0 Å². The molecule has 0 heterocycles. The summed E-state index contributed by atoms with van der Waals surface area (Å²) in [7, 11) is 0. The molecule has 98 valence electrons. The van der Waals surface area contributed by atoms with E-state index < -0.39 is 5.82 Å². The zero-order valence-corrected chi connectivity index (χ0v) is 10.4. The van der Waals surface area contributed by atoms with Crippen LogP contribution < -0.4 is 5.73 Å². The van der Waals surface area contributed by atoms with Gasteiger partial charge in [0, 0.05) is 12.0 Å². The minimum Gasteiger partial charge on any atom is -0.396 e. The van der Waals surface area contributed by atoms with E-state index in [9.17, 15) is 13.6 Å². The summed E-state index contributed by atoms with van der Waals surface area (Å²) >= 11 is 0. The molecule has 0 aliphatic heterocycles. The Hall–Kier alpha value is -2.23. The minimum absolute atomic E-state index is 0.0692.